The Hall–Kier alpha value is -2.90. The van der Waals surface area contributed by atoms with E-state index in [-0.39, 0.29) is 40.7 Å². The van der Waals surface area contributed by atoms with Crippen molar-refractivity contribution in [1.82, 2.24) is 9.78 Å². The molecule has 0 radical (unpaired) electrons. The van der Waals surface area contributed by atoms with E-state index in [4.69, 9.17) is 0 Å². The molecule has 1 aromatic carbocycles. The van der Waals surface area contributed by atoms with Crippen LogP contribution in [0.2, 0.25) is 0 Å². The molecule has 0 saturated heterocycles. The van der Waals surface area contributed by atoms with E-state index in [0.29, 0.717) is 0 Å². The molecule has 0 amide bonds. The van der Waals surface area contributed by atoms with Gasteiger partial charge in [-0.15, -0.1) is 0 Å². The lowest BCUT2D eigenvalue weighted by atomic mass is 10.1. The van der Waals surface area contributed by atoms with Gasteiger partial charge in [-0.05, 0) is 32.0 Å². The fourth-order valence-corrected chi connectivity index (χ4v) is 2.03. The SMILES string of the molecule is Cc1nn(CC(=O)c2ccc(O)c(O)c2)c(C)c1[N+](=O)[O-]. The molecule has 2 N–H and O–H groups in total. The maximum atomic E-state index is 12.1. The third-order valence-electron chi connectivity index (χ3n) is 3.12. The van der Waals surface area contributed by atoms with E-state index in [0.717, 1.165) is 6.07 Å². The molecule has 2 rings (SSSR count). The van der Waals surface area contributed by atoms with E-state index in [1.807, 2.05) is 0 Å². The van der Waals surface area contributed by atoms with Gasteiger partial charge in [-0.3, -0.25) is 19.6 Å². The molecule has 0 atom stereocenters. The number of hydrogen-bond acceptors (Lipinski definition) is 6. The van der Waals surface area contributed by atoms with Crippen LogP contribution in [0.3, 0.4) is 0 Å². The molecule has 0 bridgehead atoms. The Morgan fingerprint density at radius 3 is 2.52 bits per heavy atom. The minimum Gasteiger partial charge on any atom is -0.504 e. The first kappa shape index (κ1) is 14.5. The first-order valence-electron chi connectivity index (χ1n) is 6.05. The zero-order chi connectivity index (χ0) is 15.7. The summed E-state index contributed by atoms with van der Waals surface area (Å²) in [7, 11) is 0. The summed E-state index contributed by atoms with van der Waals surface area (Å²) in [5.41, 5.74) is 0.588. The number of Topliss-reactive ketones (excluding diaryl/α,β-unsaturated/α-hetero) is 1. The molecular weight excluding hydrogens is 278 g/mol. The van der Waals surface area contributed by atoms with Crippen LogP contribution in [0.25, 0.3) is 0 Å². The van der Waals surface area contributed by atoms with E-state index in [9.17, 15) is 25.1 Å². The van der Waals surface area contributed by atoms with Crippen LogP contribution in [0.5, 0.6) is 11.5 Å². The molecule has 1 aromatic heterocycles. The summed E-state index contributed by atoms with van der Waals surface area (Å²) in [6.45, 7) is 2.82. The average Bonchev–Trinajstić information content (AvgIpc) is 2.67. The second-order valence-electron chi connectivity index (χ2n) is 4.56. The number of aryl methyl sites for hydroxylation is 1. The normalized spacial score (nSPS) is 10.6. The zero-order valence-electron chi connectivity index (χ0n) is 11.4. The Morgan fingerprint density at radius 2 is 2.00 bits per heavy atom. The number of nitrogens with zero attached hydrogens (tertiary/aromatic N) is 3. The fourth-order valence-electron chi connectivity index (χ4n) is 2.03. The summed E-state index contributed by atoms with van der Waals surface area (Å²) in [4.78, 5) is 22.5. The third kappa shape index (κ3) is 2.69. The molecule has 0 unspecified atom stereocenters. The zero-order valence-corrected chi connectivity index (χ0v) is 11.4. The van der Waals surface area contributed by atoms with Gasteiger partial charge in [0, 0.05) is 5.56 Å². The fraction of sp³-hybridized carbons (Fsp3) is 0.231. The van der Waals surface area contributed by atoms with Gasteiger partial charge in [0.2, 0.25) is 0 Å². The molecule has 0 spiro atoms. The van der Waals surface area contributed by atoms with E-state index < -0.39 is 10.7 Å². The molecule has 110 valence electrons. The lowest BCUT2D eigenvalue weighted by Gasteiger charge is -2.04. The maximum Gasteiger partial charge on any atom is 0.312 e. The van der Waals surface area contributed by atoms with Gasteiger partial charge in [-0.2, -0.15) is 5.10 Å². The molecule has 1 heterocycles. The number of aromatic hydroxyl groups is 2. The number of aromatic nitrogens is 2. The van der Waals surface area contributed by atoms with Gasteiger partial charge >= 0.3 is 5.69 Å². The topological polar surface area (TPSA) is 118 Å². The highest BCUT2D eigenvalue weighted by Gasteiger charge is 2.23. The Morgan fingerprint density at radius 1 is 1.33 bits per heavy atom. The van der Waals surface area contributed by atoms with Gasteiger partial charge in [0.15, 0.2) is 17.3 Å². The van der Waals surface area contributed by atoms with Crippen molar-refractivity contribution in [2.75, 3.05) is 0 Å². The Labute approximate surface area is 119 Å². The number of benzene rings is 1. The number of hydrogen-bond donors (Lipinski definition) is 2. The third-order valence-corrected chi connectivity index (χ3v) is 3.12. The quantitative estimate of drug-likeness (QED) is 0.383. The van der Waals surface area contributed by atoms with Crippen molar-refractivity contribution in [3.63, 3.8) is 0 Å². The molecule has 8 nitrogen and oxygen atoms in total. The van der Waals surface area contributed by atoms with Gasteiger partial charge < -0.3 is 10.2 Å². The van der Waals surface area contributed by atoms with Crippen LogP contribution in [0, 0.1) is 24.0 Å². The second kappa shape index (κ2) is 5.23. The standard InChI is InChI=1S/C13H13N3O5/c1-7-13(16(20)21)8(2)15(14-7)6-12(19)9-3-4-10(17)11(18)5-9/h3-5,17-18H,6H2,1-2H3. The molecule has 0 saturated carbocycles. The van der Waals surface area contributed by atoms with E-state index in [1.54, 1.807) is 0 Å². The first-order chi connectivity index (χ1) is 9.81. The lowest BCUT2D eigenvalue weighted by Crippen LogP contribution is -2.13. The van der Waals surface area contributed by atoms with Crippen molar-refractivity contribution in [3.05, 3.63) is 45.3 Å². The van der Waals surface area contributed by atoms with Crippen molar-refractivity contribution in [2.45, 2.75) is 20.4 Å². The van der Waals surface area contributed by atoms with Gasteiger partial charge in [0.05, 0.1) is 4.92 Å². The summed E-state index contributed by atoms with van der Waals surface area (Å²) >= 11 is 0. The van der Waals surface area contributed by atoms with Gasteiger partial charge in [0.25, 0.3) is 0 Å². The molecule has 0 aliphatic heterocycles. The number of carbonyl (C=O) groups excluding carboxylic acids is 1. The van der Waals surface area contributed by atoms with Crippen LogP contribution in [-0.4, -0.2) is 30.7 Å². The summed E-state index contributed by atoms with van der Waals surface area (Å²) < 4.78 is 1.25. The summed E-state index contributed by atoms with van der Waals surface area (Å²) in [6.07, 6.45) is 0. The van der Waals surface area contributed by atoms with E-state index in [2.05, 4.69) is 5.10 Å². The second-order valence-corrected chi connectivity index (χ2v) is 4.56. The predicted molar refractivity (Wildman–Crippen MR) is 72.5 cm³/mol. The molecule has 2 aromatic rings. The number of nitro groups is 1. The largest absolute Gasteiger partial charge is 0.504 e. The monoisotopic (exact) mass is 291 g/mol. The van der Waals surface area contributed by atoms with Crippen molar-refractivity contribution < 1.29 is 19.9 Å². The Kier molecular flexibility index (Phi) is 3.62. The summed E-state index contributed by atoms with van der Waals surface area (Å²) in [5.74, 6) is -1.11. The van der Waals surface area contributed by atoms with Gasteiger partial charge in [0.1, 0.15) is 17.9 Å². The van der Waals surface area contributed by atoms with Gasteiger partial charge in [-0.25, -0.2) is 0 Å². The minimum absolute atomic E-state index is 0.114. The van der Waals surface area contributed by atoms with Crippen LogP contribution >= 0.6 is 0 Å². The number of phenolic OH excluding ortho intramolecular Hbond substituents is 2. The number of carbonyl (C=O) groups is 1. The number of ketones is 1. The predicted octanol–water partition coefficient (Wildman–Crippen LogP) is 1.70. The van der Waals surface area contributed by atoms with E-state index in [1.165, 1.54) is 30.7 Å². The van der Waals surface area contributed by atoms with E-state index >= 15 is 0 Å². The van der Waals surface area contributed by atoms with Crippen LogP contribution < -0.4 is 0 Å². The highest BCUT2D eigenvalue weighted by molar-refractivity contribution is 5.96. The minimum atomic E-state index is -0.537. The maximum absolute atomic E-state index is 12.1. The Balaban J connectivity index is 2.30. The average molecular weight is 291 g/mol. The molecule has 0 aliphatic rings. The molecular formula is C13H13N3O5. The first-order valence-corrected chi connectivity index (χ1v) is 6.05. The van der Waals surface area contributed by atoms with Crippen LogP contribution in [-0.2, 0) is 6.54 Å². The molecule has 21 heavy (non-hydrogen) atoms. The summed E-state index contributed by atoms with van der Waals surface area (Å²) in [6, 6.07) is 3.70. The number of phenols is 2. The smallest absolute Gasteiger partial charge is 0.312 e. The highest BCUT2D eigenvalue weighted by atomic mass is 16.6. The summed E-state index contributed by atoms with van der Waals surface area (Å²) in [5, 5.41) is 33.5. The molecule has 0 fully saturated rings. The van der Waals surface area contributed by atoms with Crippen LogP contribution in [0.4, 0.5) is 5.69 Å². The van der Waals surface area contributed by atoms with Crippen molar-refractivity contribution in [1.29, 1.82) is 0 Å². The van der Waals surface area contributed by atoms with Gasteiger partial charge in [-0.1, -0.05) is 0 Å². The number of rotatable bonds is 4. The van der Waals surface area contributed by atoms with Crippen LogP contribution in [0.15, 0.2) is 18.2 Å². The molecule has 8 heteroatoms. The van der Waals surface area contributed by atoms with Crippen molar-refractivity contribution in [3.8, 4) is 11.5 Å². The lowest BCUT2D eigenvalue weighted by molar-refractivity contribution is -0.386. The Bertz CT molecular complexity index is 736. The van der Waals surface area contributed by atoms with Crippen LogP contribution in [0.1, 0.15) is 21.7 Å². The highest BCUT2D eigenvalue weighted by Crippen LogP contribution is 2.26. The van der Waals surface area contributed by atoms with Crippen molar-refractivity contribution in [2.24, 2.45) is 0 Å². The van der Waals surface area contributed by atoms with Crippen molar-refractivity contribution >= 4 is 11.5 Å². The molecule has 0 aliphatic carbocycles.